The maximum absolute atomic E-state index is 14.2. The topological polar surface area (TPSA) is 55.7 Å². The number of hydrogen-bond acceptors (Lipinski definition) is 4. The fraction of sp³-hybridized carbons (Fsp3) is 0.267. The van der Waals surface area contributed by atoms with Crippen LogP contribution in [0.4, 0.5) is 8.78 Å². The molecule has 4 nitrogen and oxygen atoms in total. The van der Waals surface area contributed by atoms with Crippen LogP contribution in [0, 0.1) is 17.6 Å². The minimum atomic E-state index is -4.11. The first-order chi connectivity index (χ1) is 10.3. The molecule has 1 saturated carbocycles. The van der Waals surface area contributed by atoms with E-state index in [2.05, 4.69) is 18.3 Å². The van der Waals surface area contributed by atoms with Crippen LogP contribution in [0.1, 0.15) is 18.4 Å². The lowest BCUT2D eigenvalue weighted by atomic mass is 10.1. The standard InChI is InChI=1S/C15H13F2NO3S/c1-3-10-8-15(10,14-11(16)5-4-6-12(14)17)22(19,20)13-7-9(2)21-18-13/h3-6,10H,1-2,7-8H2. The van der Waals surface area contributed by atoms with Gasteiger partial charge in [0.15, 0.2) is 5.04 Å². The average Bonchev–Trinajstić information content (AvgIpc) is 3.04. The van der Waals surface area contributed by atoms with Gasteiger partial charge in [0.2, 0.25) is 9.84 Å². The van der Waals surface area contributed by atoms with Crippen molar-refractivity contribution in [3.8, 4) is 0 Å². The summed E-state index contributed by atoms with van der Waals surface area (Å²) < 4.78 is 52.4. The Labute approximate surface area is 126 Å². The Bertz CT molecular complexity index is 796. The molecule has 22 heavy (non-hydrogen) atoms. The summed E-state index contributed by atoms with van der Waals surface area (Å²) >= 11 is 0. The highest BCUT2D eigenvalue weighted by atomic mass is 32.2. The Balaban J connectivity index is 2.19. The lowest BCUT2D eigenvalue weighted by molar-refractivity contribution is 0.246. The molecule has 1 aliphatic carbocycles. The van der Waals surface area contributed by atoms with Crippen LogP contribution in [0.3, 0.4) is 0 Å². The number of nitrogens with zero attached hydrogens (tertiary/aromatic N) is 1. The van der Waals surface area contributed by atoms with Gasteiger partial charge in [-0.3, -0.25) is 0 Å². The van der Waals surface area contributed by atoms with Gasteiger partial charge in [-0.2, -0.15) is 0 Å². The molecule has 0 radical (unpaired) electrons. The van der Waals surface area contributed by atoms with E-state index in [-0.39, 0.29) is 23.6 Å². The summed E-state index contributed by atoms with van der Waals surface area (Å²) in [5.74, 6) is -2.20. The summed E-state index contributed by atoms with van der Waals surface area (Å²) in [4.78, 5) is 4.74. The third-order valence-electron chi connectivity index (χ3n) is 4.05. The average molecular weight is 325 g/mol. The van der Waals surface area contributed by atoms with Crippen LogP contribution >= 0.6 is 0 Å². The fourth-order valence-corrected chi connectivity index (χ4v) is 5.14. The maximum atomic E-state index is 14.2. The van der Waals surface area contributed by atoms with Crippen molar-refractivity contribution >= 4 is 14.9 Å². The zero-order valence-corrected chi connectivity index (χ0v) is 12.4. The molecule has 0 saturated heterocycles. The maximum Gasteiger partial charge on any atom is 0.206 e. The molecular formula is C15H13F2NO3S. The Morgan fingerprint density at radius 2 is 2.00 bits per heavy atom. The number of oxime groups is 1. The molecule has 2 aliphatic rings. The summed E-state index contributed by atoms with van der Waals surface area (Å²) in [6.45, 7) is 7.06. The molecule has 1 fully saturated rings. The molecule has 0 amide bonds. The first kappa shape index (κ1) is 14.9. The van der Waals surface area contributed by atoms with E-state index >= 15 is 0 Å². The van der Waals surface area contributed by atoms with Crippen LogP contribution in [0.25, 0.3) is 0 Å². The molecule has 0 aromatic heterocycles. The Kier molecular flexibility index (Phi) is 3.21. The minimum absolute atomic E-state index is 0.0577. The van der Waals surface area contributed by atoms with Crippen LogP contribution in [-0.4, -0.2) is 13.5 Å². The van der Waals surface area contributed by atoms with E-state index in [0.29, 0.717) is 0 Å². The van der Waals surface area contributed by atoms with Gasteiger partial charge in [-0.05, 0) is 18.6 Å². The van der Waals surface area contributed by atoms with Crippen molar-refractivity contribution in [2.75, 3.05) is 0 Å². The number of hydrogen-bond donors (Lipinski definition) is 0. The molecule has 0 spiro atoms. The summed E-state index contributed by atoms with van der Waals surface area (Å²) in [5.41, 5.74) is -0.458. The van der Waals surface area contributed by atoms with Gasteiger partial charge in [0.05, 0.1) is 6.42 Å². The smallest absolute Gasteiger partial charge is 0.206 e. The molecule has 1 aromatic rings. The van der Waals surface area contributed by atoms with Gasteiger partial charge >= 0.3 is 0 Å². The molecule has 2 unspecified atom stereocenters. The van der Waals surface area contributed by atoms with Crippen LogP contribution < -0.4 is 0 Å². The molecule has 3 rings (SSSR count). The van der Waals surface area contributed by atoms with E-state index in [4.69, 9.17) is 4.84 Å². The van der Waals surface area contributed by atoms with Gasteiger partial charge in [-0.1, -0.05) is 23.9 Å². The molecule has 0 bridgehead atoms. The lowest BCUT2D eigenvalue weighted by Crippen LogP contribution is -2.31. The zero-order valence-electron chi connectivity index (χ0n) is 11.6. The van der Waals surface area contributed by atoms with Gasteiger partial charge in [-0.25, -0.2) is 17.2 Å². The highest BCUT2D eigenvalue weighted by Gasteiger charge is 2.67. The molecule has 1 aliphatic heterocycles. The third-order valence-corrected chi connectivity index (χ3v) is 6.52. The van der Waals surface area contributed by atoms with Gasteiger partial charge in [0, 0.05) is 11.5 Å². The van der Waals surface area contributed by atoms with Gasteiger partial charge < -0.3 is 4.84 Å². The van der Waals surface area contributed by atoms with Crippen molar-refractivity contribution in [1.82, 2.24) is 0 Å². The van der Waals surface area contributed by atoms with Crippen molar-refractivity contribution in [3.05, 3.63) is 60.4 Å². The predicted molar refractivity (Wildman–Crippen MR) is 77.5 cm³/mol. The molecule has 0 N–H and O–H groups in total. The highest BCUT2D eigenvalue weighted by Crippen LogP contribution is 2.61. The quantitative estimate of drug-likeness (QED) is 0.803. The Morgan fingerprint density at radius 3 is 2.45 bits per heavy atom. The first-order valence-electron chi connectivity index (χ1n) is 6.58. The Hall–Kier alpha value is -2.02. The first-order valence-corrected chi connectivity index (χ1v) is 8.06. The molecule has 1 aromatic carbocycles. The lowest BCUT2D eigenvalue weighted by Gasteiger charge is -2.18. The zero-order chi connectivity index (χ0) is 16.1. The molecule has 116 valence electrons. The summed E-state index contributed by atoms with van der Waals surface area (Å²) in [5, 5.41) is 3.24. The largest absolute Gasteiger partial charge is 0.361 e. The van der Waals surface area contributed by atoms with Crippen LogP contribution in [0.2, 0.25) is 0 Å². The summed E-state index contributed by atoms with van der Waals surface area (Å²) in [7, 11) is -4.11. The van der Waals surface area contributed by atoms with E-state index in [1.807, 2.05) is 0 Å². The third kappa shape index (κ3) is 1.85. The normalized spacial score (nSPS) is 27.3. The molecular weight excluding hydrogens is 312 g/mol. The van der Waals surface area contributed by atoms with Crippen LogP contribution in [0.5, 0.6) is 0 Å². The fourth-order valence-electron chi connectivity index (χ4n) is 2.88. The van der Waals surface area contributed by atoms with Crippen molar-refractivity contribution in [1.29, 1.82) is 0 Å². The van der Waals surface area contributed by atoms with Crippen LogP contribution in [-0.2, 0) is 19.4 Å². The van der Waals surface area contributed by atoms with Crippen molar-refractivity contribution in [2.45, 2.75) is 17.6 Å². The van der Waals surface area contributed by atoms with Crippen molar-refractivity contribution in [2.24, 2.45) is 11.1 Å². The predicted octanol–water partition coefficient (Wildman–Crippen LogP) is 3.03. The van der Waals surface area contributed by atoms with E-state index in [1.165, 1.54) is 12.1 Å². The van der Waals surface area contributed by atoms with Gasteiger partial charge in [-0.15, -0.1) is 6.58 Å². The van der Waals surface area contributed by atoms with Gasteiger partial charge in [0.1, 0.15) is 22.1 Å². The molecule has 7 heteroatoms. The number of halogens is 2. The van der Waals surface area contributed by atoms with Crippen LogP contribution in [0.15, 0.2) is 48.3 Å². The summed E-state index contributed by atoms with van der Waals surface area (Å²) in [6.07, 6.45) is 1.36. The van der Waals surface area contributed by atoms with Crippen molar-refractivity contribution in [3.63, 3.8) is 0 Å². The second kappa shape index (κ2) is 4.74. The number of sulfone groups is 1. The Morgan fingerprint density at radius 1 is 1.36 bits per heavy atom. The highest BCUT2D eigenvalue weighted by molar-refractivity contribution is 8.07. The monoisotopic (exact) mass is 325 g/mol. The minimum Gasteiger partial charge on any atom is -0.361 e. The molecule has 2 atom stereocenters. The number of benzene rings is 1. The summed E-state index contributed by atoms with van der Waals surface area (Å²) in [6, 6.07) is 3.28. The second-order valence-corrected chi connectivity index (χ2v) is 7.53. The number of allylic oxidation sites excluding steroid dienone is 2. The van der Waals surface area contributed by atoms with E-state index in [1.54, 1.807) is 0 Å². The SMILES string of the molecule is C=CC1CC1(c1c(F)cccc1F)S(=O)(=O)C1=NOC(=C)C1. The van der Waals surface area contributed by atoms with Gasteiger partial charge in [0.25, 0.3) is 0 Å². The van der Waals surface area contributed by atoms with E-state index in [9.17, 15) is 17.2 Å². The van der Waals surface area contributed by atoms with E-state index < -0.39 is 37.7 Å². The van der Waals surface area contributed by atoms with E-state index in [0.717, 1.165) is 12.1 Å². The molecule has 1 heterocycles. The van der Waals surface area contributed by atoms with Crippen molar-refractivity contribution < 1.29 is 22.0 Å². The number of rotatable bonds is 3. The second-order valence-electron chi connectivity index (χ2n) is 5.33.